The van der Waals surface area contributed by atoms with Crippen LogP contribution in [-0.4, -0.2) is 37.7 Å². The predicted molar refractivity (Wildman–Crippen MR) is 62.9 cm³/mol. The molecule has 1 aromatic rings. The molecule has 0 aliphatic rings. The fourth-order valence-electron chi connectivity index (χ4n) is 0.726. The molecule has 0 saturated carbocycles. The topological polar surface area (TPSA) is 154 Å². The number of carbonyl (C=O) groups is 2. The summed E-state index contributed by atoms with van der Waals surface area (Å²) in [4.78, 5) is 30.4. The van der Waals surface area contributed by atoms with E-state index in [-0.39, 0.29) is 11.0 Å². The second-order valence-corrected chi connectivity index (χ2v) is 4.45. The monoisotopic (exact) mass is 273 g/mol. The highest BCUT2D eigenvalue weighted by atomic mass is 32.1. The second kappa shape index (κ2) is 4.96. The molecule has 0 atom stereocenters. The fourth-order valence-corrected chi connectivity index (χ4v) is 1.16. The summed E-state index contributed by atoms with van der Waals surface area (Å²) in [6.45, 7) is 2.53. The smallest absolute Gasteiger partial charge is 0.350 e. The van der Waals surface area contributed by atoms with E-state index in [9.17, 15) is 9.59 Å². The molecule has 18 heavy (non-hydrogen) atoms. The molecule has 0 aliphatic heterocycles. The second-order valence-electron chi connectivity index (χ2n) is 3.67. The molecule has 0 bridgehead atoms. The van der Waals surface area contributed by atoms with Crippen LogP contribution in [0.2, 0.25) is 0 Å². The van der Waals surface area contributed by atoms with Crippen LogP contribution in [0.4, 0.5) is 5.13 Å². The molecule has 9 nitrogen and oxygen atoms in total. The maximum atomic E-state index is 11.1. The Kier molecular flexibility index (Phi) is 3.81. The molecular weight excluding hydrogens is 262 g/mol. The van der Waals surface area contributed by atoms with Crippen LogP contribution < -0.4 is 11.5 Å². The number of aliphatic carboxylic acids is 1. The van der Waals surface area contributed by atoms with Crippen LogP contribution in [-0.2, 0) is 14.4 Å². The predicted octanol–water partition coefficient (Wildman–Crippen LogP) is -0.810. The van der Waals surface area contributed by atoms with Gasteiger partial charge in [-0.15, -0.1) is 0 Å². The number of nitrogen functional groups attached to an aromatic ring is 1. The van der Waals surface area contributed by atoms with Crippen molar-refractivity contribution in [1.82, 2.24) is 9.36 Å². The van der Waals surface area contributed by atoms with E-state index in [1.807, 2.05) is 0 Å². The number of rotatable bonds is 5. The zero-order valence-electron chi connectivity index (χ0n) is 9.58. The molecule has 1 amide bonds. The van der Waals surface area contributed by atoms with Gasteiger partial charge in [0.25, 0.3) is 5.91 Å². The molecule has 1 heterocycles. The lowest BCUT2D eigenvalue weighted by Gasteiger charge is -2.16. The first-order valence-corrected chi connectivity index (χ1v) is 5.40. The maximum Gasteiger partial charge on any atom is 0.350 e. The molecule has 1 rings (SSSR count). The summed E-state index contributed by atoms with van der Waals surface area (Å²) >= 11 is 0.846. The van der Waals surface area contributed by atoms with Gasteiger partial charge in [-0.3, -0.25) is 4.79 Å². The van der Waals surface area contributed by atoms with Gasteiger partial charge in [0.1, 0.15) is 0 Å². The molecule has 0 radical (unpaired) electrons. The standard InChI is InChI=1S/C8H11N5O4S/c1-8(2,6(15)16)17-12-3(4(9)14)5-11-7(10)18-13-5/h1-2H3,(H2,9,14)(H,15,16)(H2,10,11,13). The zero-order valence-corrected chi connectivity index (χ0v) is 10.4. The minimum absolute atomic E-state index is 0.105. The average Bonchev–Trinajstić information content (AvgIpc) is 2.64. The number of nitrogens with two attached hydrogens (primary N) is 2. The number of carbonyl (C=O) groups excluding carboxylic acids is 1. The summed E-state index contributed by atoms with van der Waals surface area (Å²) < 4.78 is 3.73. The van der Waals surface area contributed by atoms with Gasteiger partial charge in [-0.05, 0) is 13.8 Å². The van der Waals surface area contributed by atoms with Crippen molar-refractivity contribution in [2.75, 3.05) is 5.73 Å². The minimum Gasteiger partial charge on any atom is -0.478 e. The number of oxime groups is 1. The van der Waals surface area contributed by atoms with E-state index in [1.54, 1.807) is 0 Å². The molecule has 0 spiro atoms. The number of carboxylic acid groups (broad SMARTS) is 1. The van der Waals surface area contributed by atoms with Crippen molar-refractivity contribution in [2.24, 2.45) is 10.9 Å². The number of anilines is 1. The summed E-state index contributed by atoms with van der Waals surface area (Å²) in [6.07, 6.45) is 0. The van der Waals surface area contributed by atoms with Gasteiger partial charge in [-0.1, -0.05) is 5.16 Å². The molecule has 0 saturated heterocycles. The summed E-state index contributed by atoms with van der Waals surface area (Å²) in [6, 6.07) is 0. The Labute approximate surface area is 106 Å². The molecule has 1 aromatic heterocycles. The van der Waals surface area contributed by atoms with Crippen LogP contribution >= 0.6 is 11.5 Å². The third-order valence-corrected chi connectivity index (χ3v) is 2.31. The van der Waals surface area contributed by atoms with Gasteiger partial charge in [0.2, 0.25) is 17.1 Å². The van der Waals surface area contributed by atoms with Crippen LogP contribution in [0.25, 0.3) is 0 Å². The maximum absolute atomic E-state index is 11.1. The van der Waals surface area contributed by atoms with Gasteiger partial charge in [-0.25, -0.2) is 4.79 Å². The summed E-state index contributed by atoms with van der Waals surface area (Å²) in [5.41, 5.74) is 8.42. The Morgan fingerprint density at radius 1 is 1.50 bits per heavy atom. The number of aromatic nitrogens is 2. The molecule has 98 valence electrons. The molecule has 0 aromatic carbocycles. The van der Waals surface area contributed by atoms with Gasteiger partial charge in [0.05, 0.1) is 0 Å². The van der Waals surface area contributed by atoms with E-state index in [0.717, 1.165) is 11.5 Å². The minimum atomic E-state index is -1.61. The fraction of sp³-hybridized carbons (Fsp3) is 0.375. The van der Waals surface area contributed by atoms with Crippen molar-refractivity contribution in [3.05, 3.63) is 5.82 Å². The first-order chi connectivity index (χ1) is 8.24. The Morgan fingerprint density at radius 3 is 2.50 bits per heavy atom. The van der Waals surface area contributed by atoms with Crippen molar-refractivity contribution in [3.63, 3.8) is 0 Å². The highest BCUT2D eigenvalue weighted by Crippen LogP contribution is 2.12. The lowest BCUT2D eigenvalue weighted by atomic mass is 10.1. The van der Waals surface area contributed by atoms with Crippen LogP contribution in [0.5, 0.6) is 0 Å². The third kappa shape index (κ3) is 3.13. The summed E-state index contributed by atoms with van der Waals surface area (Å²) in [5, 5.41) is 12.3. The van der Waals surface area contributed by atoms with E-state index in [0.29, 0.717) is 0 Å². The number of nitrogens with zero attached hydrogens (tertiary/aromatic N) is 3. The number of hydrogen-bond donors (Lipinski definition) is 3. The molecule has 0 aliphatic carbocycles. The lowest BCUT2D eigenvalue weighted by Crippen LogP contribution is -2.34. The van der Waals surface area contributed by atoms with E-state index in [2.05, 4.69) is 14.5 Å². The van der Waals surface area contributed by atoms with Crippen molar-refractivity contribution in [3.8, 4) is 0 Å². The zero-order chi connectivity index (χ0) is 13.9. The Hall–Kier alpha value is -2.23. The number of hydrogen-bond acceptors (Lipinski definition) is 8. The summed E-state index contributed by atoms with van der Waals surface area (Å²) in [7, 11) is 0. The third-order valence-electron chi connectivity index (χ3n) is 1.77. The Balaban J connectivity index is 3.01. The number of primary amides is 1. The number of carboxylic acids is 1. The van der Waals surface area contributed by atoms with Crippen molar-refractivity contribution >= 4 is 34.3 Å². The quantitative estimate of drug-likeness (QED) is 0.468. The number of amides is 1. The normalized spacial score (nSPS) is 12.2. The first kappa shape index (κ1) is 13.8. The molecule has 0 unspecified atom stereocenters. The molecular formula is C8H11N5O4S. The first-order valence-electron chi connectivity index (χ1n) is 4.63. The van der Waals surface area contributed by atoms with Gasteiger partial charge in [0, 0.05) is 11.5 Å². The van der Waals surface area contributed by atoms with Crippen molar-refractivity contribution in [2.45, 2.75) is 19.4 Å². The Morgan fingerprint density at radius 2 is 2.11 bits per heavy atom. The highest BCUT2D eigenvalue weighted by molar-refractivity contribution is 7.09. The largest absolute Gasteiger partial charge is 0.478 e. The van der Waals surface area contributed by atoms with E-state index >= 15 is 0 Å². The molecule has 0 fully saturated rings. The Bertz CT molecular complexity index is 509. The van der Waals surface area contributed by atoms with Gasteiger partial charge in [0.15, 0.2) is 5.13 Å². The van der Waals surface area contributed by atoms with Gasteiger partial charge < -0.3 is 21.4 Å². The molecule has 5 N–H and O–H groups in total. The van der Waals surface area contributed by atoms with Crippen LogP contribution in [0, 0.1) is 0 Å². The van der Waals surface area contributed by atoms with E-state index in [1.165, 1.54) is 13.8 Å². The van der Waals surface area contributed by atoms with Crippen LogP contribution in [0.3, 0.4) is 0 Å². The van der Waals surface area contributed by atoms with Gasteiger partial charge in [-0.2, -0.15) is 9.36 Å². The van der Waals surface area contributed by atoms with Crippen LogP contribution in [0.15, 0.2) is 5.16 Å². The van der Waals surface area contributed by atoms with Gasteiger partial charge >= 0.3 is 5.97 Å². The van der Waals surface area contributed by atoms with E-state index in [4.69, 9.17) is 21.4 Å². The van der Waals surface area contributed by atoms with Crippen molar-refractivity contribution in [1.29, 1.82) is 0 Å². The van der Waals surface area contributed by atoms with Crippen LogP contribution in [0.1, 0.15) is 19.7 Å². The highest BCUT2D eigenvalue weighted by Gasteiger charge is 2.30. The lowest BCUT2D eigenvalue weighted by molar-refractivity contribution is -0.161. The SMILES string of the molecule is CC(C)(ON=C(C(N)=O)c1nsc(N)n1)C(=O)O. The van der Waals surface area contributed by atoms with E-state index < -0.39 is 23.2 Å². The summed E-state index contributed by atoms with van der Waals surface area (Å²) in [5.74, 6) is -2.30. The van der Waals surface area contributed by atoms with Crippen molar-refractivity contribution < 1.29 is 19.5 Å². The average molecular weight is 273 g/mol. The molecule has 10 heteroatoms.